The predicted molar refractivity (Wildman–Crippen MR) is 133 cm³/mol. The molecule has 0 aliphatic rings. The van der Waals surface area contributed by atoms with Crippen LogP contribution in [0.1, 0.15) is 22.8 Å². The molecule has 1 aromatic carbocycles. The van der Waals surface area contributed by atoms with Gasteiger partial charge in [-0.3, -0.25) is 4.98 Å². The van der Waals surface area contributed by atoms with E-state index >= 15 is 0 Å². The summed E-state index contributed by atoms with van der Waals surface area (Å²) < 4.78 is 9.30. The standard InChI is InChI=1S/C24H20ClN5OS2/c1-14-9-20(30-8-7-27-16(30)3)17-5-4-6-21(23(17)28-14)31-12-18-19(25)10-26-11-22(18)33-24-29-15(2)13-32-24/h4-11,13H,12H2,1-3H3. The minimum atomic E-state index is 0.294. The monoisotopic (exact) mass is 493 g/mol. The van der Waals surface area contributed by atoms with Crippen molar-refractivity contribution in [2.24, 2.45) is 0 Å². The summed E-state index contributed by atoms with van der Waals surface area (Å²) >= 11 is 9.67. The van der Waals surface area contributed by atoms with Gasteiger partial charge in [-0.25, -0.2) is 15.0 Å². The van der Waals surface area contributed by atoms with Gasteiger partial charge in [0.05, 0.1) is 10.7 Å². The minimum absolute atomic E-state index is 0.294. The van der Waals surface area contributed by atoms with Gasteiger partial charge in [-0.2, -0.15) is 0 Å². The maximum atomic E-state index is 6.52. The molecule has 0 radical (unpaired) electrons. The molecule has 0 fully saturated rings. The van der Waals surface area contributed by atoms with Gasteiger partial charge in [-0.1, -0.05) is 35.5 Å². The molecule has 0 aliphatic heterocycles. The molecule has 5 rings (SSSR count). The third-order valence-corrected chi connectivity index (χ3v) is 7.58. The summed E-state index contributed by atoms with van der Waals surface area (Å²) in [6, 6.07) is 8.03. The zero-order valence-corrected chi connectivity index (χ0v) is 20.6. The highest BCUT2D eigenvalue weighted by Gasteiger charge is 2.15. The fourth-order valence-corrected chi connectivity index (χ4v) is 5.75. The fraction of sp³-hybridized carbons (Fsp3) is 0.167. The second kappa shape index (κ2) is 9.13. The van der Waals surface area contributed by atoms with Crippen LogP contribution in [0.5, 0.6) is 5.75 Å². The van der Waals surface area contributed by atoms with Crippen LogP contribution in [0.4, 0.5) is 0 Å². The Hall–Kier alpha value is -2.94. The molecule has 5 aromatic rings. The summed E-state index contributed by atoms with van der Waals surface area (Å²) in [6.07, 6.45) is 7.20. The van der Waals surface area contributed by atoms with Crippen molar-refractivity contribution in [3.8, 4) is 11.4 Å². The van der Waals surface area contributed by atoms with Gasteiger partial charge in [-0.15, -0.1) is 11.3 Å². The van der Waals surface area contributed by atoms with Crippen molar-refractivity contribution in [1.29, 1.82) is 0 Å². The van der Waals surface area contributed by atoms with E-state index in [1.807, 2.05) is 44.5 Å². The molecule has 4 heterocycles. The van der Waals surface area contributed by atoms with Crippen molar-refractivity contribution in [2.45, 2.75) is 36.6 Å². The van der Waals surface area contributed by atoms with E-state index in [4.69, 9.17) is 21.3 Å². The zero-order chi connectivity index (χ0) is 22.9. The summed E-state index contributed by atoms with van der Waals surface area (Å²) in [5.74, 6) is 1.61. The number of halogens is 1. The number of rotatable bonds is 6. The normalized spacial score (nSPS) is 11.3. The second-order valence-corrected chi connectivity index (χ2v) is 10.1. The number of thiazole rings is 1. The van der Waals surface area contributed by atoms with E-state index in [2.05, 4.69) is 31.7 Å². The average Bonchev–Trinajstić information content (AvgIpc) is 3.40. The first-order chi connectivity index (χ1) is 16.0. The van der Waals surface area contributed by atoms with Crippen molar-refractivity contribution in [1.82, 2.24) is 24.5 Å². The number of aryl methyl sites for hydroxylation is 3. The van der Waals surface area contributed by atoms with Crippen molar-refractivity contribution >= 4 is 45.6 Å². The Morgan fingerprint density at radius 3 is 2.76 bits per heavy atom. The summed E-state index contributed by atoms with van der Waals surface area (Å²) in [7, 11) is 0. The number of benzene rings is 1. The Bertz CT molecular complexity index is 1460. The first kappa shape index (κ1) is 21.9. The van der Waals surface area contributed by atoms with E-state index in [0.717, 1.165) is 48.6 Å². The lowest BCUT2D eigenvalue weighted by Crippen LogP contribution is -2.03. The van der Waals surface area contributed by atoms with Crippen LogP contribution in [0.2, 0.25) is 5.02 Å². The molecule has 0 unspecified atom stereocenters. The number of fused-ring (bicyclic) bond motifs is 1. The lowest BCUT2D eigenvalue weighted by atomic mass is 10.1. The van der Waals surface area contributed by atoms with Crippen LogP contribution in [0.25, 0.3) is 16.6 Å². The highest BCUT2D eigenvalue weighted by Crippen LogP contribution is 2.36. The van der Waals surface area contributed by atoms with E-state index in [1.54, 1.807) is 41.7 Å². The van der Waals surface area contributed by atoms with Gasteiger partial charge in [0.2, 0.25) is 0 Å². The largest absolute Gasteiger partial charge is 0.487 e. The Morgan fingerprint density at radius 1 is 1.12 bits per heavy atom. The first-order valence-electron chi connectivity index (χ1n) is 10.3. The van der Waals surface area contributed by atoms with Gasteiger partial charge in [-0.05, 0) is 32.9 Å². The topological polar surface area (TPSA) is 65.7 Å². The number of para-hydroxylation sites is 1. The van der Waals surface area contributed by atoms with Crippen LogP contribution in [0.3, 0.4) is 0 Å². The molecule has 33 heavy (non-hydrogen) atoms. The number of hydrogen-bond donors (Lipinski definition) is 0. The smallest absolute Gasteiger partial charge is 0.154 e. The molecular weight excluding hydrogens is 474 g/mol. The van der Waals surface area contributed by atoms with Crippen molar-refractivity contribution < 1.29 is 4.74 Å². The summed E-state index contributed by atoms with van der Waals surface area (Å²) in [4.78, 5) is 18.9. The van der Waals surface area contributed by atoms with Crippen LogP contribution < -0.4 is 4.74 Å². The molecule has 0 saturated heterocycles. The Balaban J connectivity index is 1.50. The molecule has 0 spiro atoms. The van der Waals surface area contributed by atoms with Gasteiger partial charge in [0.25, 0.3) is 0 Å². The number of hydrogen-bond acceptors (Lipinski definition) is 7. The third-order valence-electron chi connectivity index (χ3n) is 5.13. The van der Waals surface area contributed by atoms with Gasteiger partial charge in [0.1, 0.15) is 23.7 Å². The second-order valence-electron chi connectivity index (χ2n) is 7.52. The van der Waals surface area contributed by atoms with E-state index in [-0.39, 0.29) is 0 Å². The Morgan fingerprint density at radius 2 is 2.00 bits per heavy atom. The number of pyridine rings is 2. The van der Waals surface area contributed by atoms with Crippen LogP contribution in [0, 0.1) is 20.8 Å². The molecule has 0 N–H and O–H groups in total. The highest BCUT2D eigenvalue weighted by atomic mass is 35.5. The van der Waals surface area contributed by atoms with E-state index in [9.17, 15) is 0 Å². The predicted octanol–water partition coefficient (Wildman–Crippen LogP) is 6.58. The van der Waals surface area contributed by atoms with Gasteiger partial charge in [0, 0.05) is 57.4 Å². The summed E-state index contributed by atoms with van der Waals surface area (Å²) in [5.41, 5.74) is 4.60. The van der Waals surface area contributed by atoms with Gasteiger partial charge in [0.15, 0.2) is 4.34 Å². The van der Waals surface area contributed by atoms with Crippen molar-refractivity contribution in [3.63, 3.8) is 0 Å². The summed E-state index contributed by atoms with van der Waals surface area (Å²) in [5, 5.41) is 3.58. The molecular formula is C24H20ClN5OS2. The molecule has 0 bridgehead atoms. The van der Waals surface area contributed by atoms with E-state index in [0.29, 0.717) is 17.4 Å². The van der Waals surface area contributed by atoms with Crippen LogP contribution >= 0.6 is 34.7 Å². The molecule has 166 valence electrons. The van der Waals surface area contributed by atoms with Crippen molar-refractivity contribution in [3.05, 3.63) is 82.2 Å². The van der Waals surface area contributed by atoms with Crippen LogP contribution in [-0.2, 0) is 6.61 Å². The highest BCUT2D eigenvalue weighted by molar-refractivity contribution is 8.01. The minimum Gasteiger partial charge on any atom is -0.487 e. The Kier molecular flexibility index (Phi) is 6.05. The lowest BCUT2D eigenvalue weighted by Gasteiger charge is -2.15. The maximum absolute atomic E-state index is 6.52. The quantitative estimate of drug-likeness (QED) is 0.266. The summed E-state index contributed by atoms with van der Waals surface area (Å²) in [6.45, 7) is 6.24. The molecule has 0 aliphatic carbocycles. The lowest BCUT2D eigenvalue weighted by molar-refractivity contribution is 0.306. The molecule has 4 aromatic heterocycles. The van der Waals surface area contributed by atoms with Gasteiger partial charge >= 0.3 is 0 Å². The number of imidazole rings is 1. The van der Waals surface area contributed by atoms with Crippen molar-refractivity contribution in [2.75, 3.05) is 0 Å². The number of aromatic nitrogens is 5. The zero-order valence-electron chi connectivity index (χ0n) is 18.2. The number of ether oxygens (including phenoxy) is 1. The average molecular weight is 494 g/mol. The molecule has 6 nitrogen and oxygen atoms in total. The fourth-order valence-electron chi connectivity index (χ4n) is 3.57. The molecule has 0 atom stereocenters. The first-order valence-corrected chi connectivity index (χ1v) is 12.3. The molecule has 0 saturated carbocycles. The molecule has 9 heteroatoms. The van der Waals surface area contributed by atoms with E-state index in [1.165, 1.54) is 0 Å². The van der Waals surface area contributed by atoms with Gasteiger partial charge < -0.3 is 9.30 Å². The van der Waals surface area contributed by atoms with Crippen LogP contribution in [-0.4, -0.2) is 24.5 Å². The van der Waals surface area contributed by atoms with Crippen LogP contribution in [0.15, 0.2) is 63.7 Å². The SMILES string of the molecule is Cc1csc(Sc2cncc(Cl)c2COc2cccc3c(-n4ccnc4C)cc(C)nc23)n1. The van der Waals surface area contributed by atoms with E-state index < -0.39 is 0 Å². The Labute approximate surface area is 204 Å². The number of nitrogens with zero attached hydrogens (tertiary/aromatic N) is 5. The third kappa shape index (κ3) is 4.46. The molecule has 0 amide bonds. The maximum Gasteiger partial charge on any atom is 0.154 e.